The fraction of sp³-hybridized carbons (Fsp3) is 1.00. The largest absolute Gasteiger partial charge is 0.311 e. The first-order valence-corrected chi connectivity index (χ1v) is 7.59. The standard InChI is InChI=1S/C15H30N2/c1-5-12(4)14-10-17(9-11(2)3)15(8-16-14)13-6-7-13/h11-16H,5-10H2,1-4H3. The number of nitrogens with one attached hydrogen (secondary N) is 1. The van der Waals surface area contributed by atoms with Crippen molar-refractivity contribution in [2.75, 3.05) is 19.6 Å². The summed E-state index contributed by atoms with van der Waals surface area (Å²) in [6, 6.07) is 1.55. The molecule has 3 unspecified atom stereocenters. The van der Waals surface area contributed by atoms with Crippen LogP contribution in [0.4, 0.5) is 0 Å². The molecule has 0 amide bonds. The lowest BCUT2D eigenvalue weighted by molar-refractivity contribution is 0.0848. The molecule has 100 valence electrons. The van der Waals surface area contributed by atoms with Gasteiger partial charge < -0.3 is 5.32 Å². The summed E-state index contributed by atoms with van der Waals surface area (Å²) in [4.78, 5) is 2.79. The van der Waals surface area contributed by atoms with Crippen LogP contribution >= 0.6 is 0 Å². The minimum Gasteiger partial charge on any atom is -0.311 e. The fourth-order valence-electron chi connectivity index (χ4n) is 3.14. The van der Waals surface area contributed by atoms with E-state index in [1.165, 1.54) is 38.9 Å². The van der Waals surface area contributed by atoms with Crippen LogP contribution in [-0.4, -0.2) is 36.6 Å². The lowest BCUT2D eigenvalue weighted by Gasteiger charge is -2.43. The van der Waals surface area contributed by atoms with Gasteiger partial charge in [-0.05, 0) is 30.6 Å². The third-order valence-corrected chi connectivity index (χ3v) is 4.59. The van der Waals surface area contributed by atoms with Gasteiger partial charge in [0.25, 0.3) is 0 Å². The molecule has 0 bridgehead atoms. The van der Waals surface area contributed by atoms with Crippen molar-refractivity contribution in [2.45, 2.75) is 59.0 Å². The molecule has 2 fully saturated rings. The second-order valence-corrected chi connectivity index (χ2v) is 6.65. The van der Waals surface area contributed by atoms with E-state index in [-0.39, 0.29) is 0 Å². The van der Waals surface area contributed by atoms with E-state index in [1.54, 1.807) is 0 Å². The average molecular weight is 238 g/mol. The molecule has 2 nitrogen and oxygen atoms in total. The predicted molar refractivity (Wildman–Crippen MR) is 74.2 cm³/mol. The monoisotopic (exact) mass is 238 g/mol. The van der Waals surface area contributed by atoms with Gasteiger partial charge in [0.2, 0.25) is 0 Å². The van der Waals surface area contributed by atoms with Crippen LogP contribution in [-0.2, 0) is 0 Å². The summed E-state index contributed by atoms with van der Waals surface area (Å²) < 4.78 is 0. The number of hydrogen-bond donors (Lipinski definition) is 1. The third-order valence-electron chi connectivity index (χ3n) is 4.59. The van der Waals surface area contributed by atoms with Crippen LogP contribution in [0.15, 0.2) is 0 Å². The van der Waals surface area contributed by atoms with Crippen molar-refractivity contribution in [3.05, 3.63) is 0 Å². The molecule has 1 saturated carbocycles. The van der Waals surface area contributed by atoms with Crippen LogP contribution in [0.5, 0.6) is 0 Å². The molecule has 1 saturated heterocycles. The van der Waals surface area contributed by atoms with Crippen molar-refractivity contribution in [2.24, 2.45) is 17.8 Å². The van der Waals surface area contributed by atoms with Crippen LogP contribution < -0.4 is 5.32 Å². The molecule has 0 aromatic carbocycles. The maximum Gasteiger partial charge on any atom is 0.0249 e. The van der Waals surface area contributed by atoms with E-state index in [9.17, 15) is 0 Å². The van der Waals surface area contributed by atoms with Gasteiger partial charge in [-0.25, -0.2) is 0 Å². The van der Waals surface area contributed by atoms with Crippen LogP contribution in [0.3, 0.4) is 0 Å². The van der Waals surface area contributed by atoms with Gasteiger partial charge in [-0.1, -0.05) is 34.1 Å². The Morgan fingerprint density at radius 1 is 1.24 bits per heavy atom. The predicted octanol–water partition coefficient (Wildman–Crippen LogP) is 2.74. The van der Waals surface area contributed by atoms with E-state index in [0.29, 0.717) is 6.04 Å². The van der Waals surface area contributed by atoms with Gasteiger partial charge in [0.05, 0.1) is 0 Å². The van der Waals surface area contributed by atoms with Gasteiger partial charge >= 0.3 is 0 Å². The smallest absolute Gasteiger partial charge is 0.0249 e. The molecule has 2 rings (SSSR count). The van der Waals surface area contributed by atoms with Crippen molar-refractivity contribution in [3.63, 3.8) is 0 Å². The zero-order valence-corrected chi connectivity index (χ0v) is 12.1. The number of rotatable bonds is 5. The van der Waals surface area contributed by atoms with Gasteiger partial charge in [0, 0.05) is 31.7 Å². The molecule has 1 heterocycles. The Hall–Kier alpha value is -0.0800. The summed E-state index contributed by atoms with van der Waals surface area (Å²) in [6.45, 7) is 13.2. The summed E-state index contributed by atoms with van der Waals surface area (Å²) >= 11 is 0. The normalized spacial score (nSPS) is 33.0. The Kier molecular flexibility index (Phi) is 4.48. The maximum absolute atomic E-state index is 3.80. The molecule has 0 aromatic rings. The van der Waals surface area contributed by atoms with Gasteiger partial charge in [-0.15, -0.1) is 0 Å². The van der Waals surface area contributed by atoms with Crippen molar-refractivity contribution in [3.8, 4) is 0 Å². The number of nitrogens with zero attached hydrogens (tertiary/aromatic N) is 1. The van der Waals surface area contributed by atoms with Gasteiger partial charge in [0.1, 0.15) is 0 Å². The van der Waals surface area contributed by atoms with E-state index in [2.05, 4.69) is 37.9 Å². The van der Waals surface area contributed by atoms with E-state index < -0.39 is 0 Å². The second kappa shape index (κ2) is 5.71. The Labute approximate surface area is 107 Å². The Bertz CT molecular complexity index is 235. The van der Waals surface area contributed by atoms with E-state index in [4.69, 9.17) is 0 Å². The fourth-order valence-corrected chi connectivity index (χ4v) is 3.14. The van der Waals surface area contributed by atoms with Crippen LogP contribution in [0.2, 0.25) is 0 Å². The van der Waals surface area contributed by atoms with E-state index >= 15 is 0 Å². The molecular formula is C15H30N2. The zero-order valence-electron chi connectivity index (χ0n) is 12.1. The summed E-state index contributed by atoms with van der Waals surface area (Å²) in [5.74, 6) is 2.61. The zero-order chi connectivity index (χ0) is 12.4. The summed E-state index contributed by atoms with van der Waals surface area (Å²) in [6.07, 6.45) is 4.23. The summed E-state index contributed by atoms with van der Waals surface area (Å²) in [7, 11) is 0. The van der Waals surface area contributed by atoms with Crippen LogP contribution in [0.25, 0.3) is 0 Å². The lowest BCUT2D eigenvalue weighted by atomic mass is 9.93. The molecule has 0 radical (unpaired) electrons. The van der Waals surface area contributed by atoms with Crippen LogP contribution in [0, 0.1) is 17.8 Å². The molecule has 0 aromatic heterocycles. The average Bonchev–Trinajstić information content (AvgIpc) is 3.11. The molecule has 1 N–H and O–H groups in total. The minimum atomic E-state index is 0.716. The second-order valence-electron chi connectivity index (χ2n) is 6.65. The topological polar surface area (TPSA) is 15.3 Å². The summed E-state index contributed by atoms with van der Waals surface area (Å²) in [5.41, 5.74) is 0. The SMILES string of the molecule is CCC(C)C1CN(CC(C)C)C(C2CC2)CN1. The minimum absolute atomic E-state index is 0.716. The first kappa shape index (κ1) is 13.4. The third kappa shape index (κ3) is 3.45. The lowest BCUT2D eigenvalue weighted by Crippen LogP contribution is -2.59. The molecule has 17 heavy (non-hydrogen) atoms. The first-order chi connectivity index (χ1) is 8.11. The Balaban J connectivity index is 1.94. The van der Waals surface area contributed by atoms with Gasteiger partial charge in [-0.2, -0.15) is 0 Å². The Morgan fingerprint density at radius 3 is 2.47 bits per heavy atom. The quantitative estimate of drug-likeness (QED) is 0.792. The number of hydrogen-bond acceptors (Lipinski definition) is 2. The molecular weight excluding hydrogens is 208 g/mol. The maximum atomic E-state index is 3.80. The Morgan fingerprint density at radius 2 is 1.94 bits per heavy atom. The van der Waals surface area contributed by atoms with Gasteiger partial charge in [-0.3, -0.25) is 4.90 Å². The molecule has 1 aliphatic heterocycles. The van der Waals surface area contributed by atoms with Crippen molar-refractivity contribution >= 4 is 0 Å². The molecule has 2 heteroatoms. The van der Waals surface area contributed by atoms with E-state index in [1.807, 2.05) is 0 Å². The first-order valence-electron chi connectivity index (χ1n) is 7.59. The molecule has 2 aliphatic rings. The van der Waals surface area contributed by atoms with Gasteiger partial charge in [0.15, 0.2) is 0 Å². The van der Waals surface area contributed by atoms with Crippen molar-refractivity contribution in [1.29, 1.82) is 0 Å². The highest BCUT2D eigenvalue weighted by Crippen LogP contribution is 2.37. The summed E-state index contributed by atoms with van der Waals surface area (Å²) in [5, 5.41) is 3.80. The molecule has 0 spiro atoms. The molecule has 1 aliphatic carbocycles. The number of piperazine rings is 1. The molecule has 3 atom stereocenters. The highest BCUT2D eigenvalue weighted by Gasteiger charge is 2.39. The van der Waals surface area contributed by atoms with Crippen molar-refractivity contribution < 1.29 is 0 Å². The van der Waals surface area contributed by atoms with Crippen LogP contribution in [0.1, 0.15) is 47.0 Å². The highest BCUT2D eigenvalue weighted by molar-refractivity contribution is 4.96. The van der Waals surface area contributed by atoms with E-state index in [0.717, 1.165) is 23.8 Å². The highest BCUT2D eigenvalue weighted by atomic mass is 15.2. The van der Waals surface area contributed by atoms with Crippen molar-refractivity contribution in [1.82, 2.24) is 10.2 Å².